The van der Waals surface area contributed by atoms with Crippen molar-refractivity contribution in [2.45, 2.75) is 26.8 Å². The Bertz CT molecular complexity index is 465. The molecule has 0 radical (unpaired) electrons. The molecule has 0 saturated carbocycles. The lowest BCUT2D eigenvalue weighted by atomic mass is 10.1. The van der Waals surface area contributed by atoms with Gasteiger partial charge < -0.3 is 10.6 Å². The summed E-state index contributed by atoms with van der Waals surface area (Å²) in [6, 6.07) is 8.22. The van der Waals surface area contributed by atoms with Gasteiger partial charge in [0.2, 0.25) is 5.91 Å². The Labute approximate surface area is 121 Å². The molecule has 0 aliphatic carbocycles. The maximum absolute atomic E-state index is 12.5. The summed E-state index contributed by atoms with van der Waals surface area (Å²) in [5, 5.41) is 0. The number of anilines is 1. The zero-order chi connectivity index (χ0) is 14.7. The van der Waals surface area contributed by atoms with Gasteiger partial charge in [0.15, 0.2) is 0 Å². The van der Waals surface area contributed by atoms with Gasteiger partial charge in [0, 0.05) is 31.4 Å². The lowest BCUT2D eigenvalue weighted by Gasteiger charge is -2.25. The van der Waals surface area contributed by atoms with Crippen molar-refractivity contribution >= 4 is 11.6 Å². The number of nitrogens with two attached hydrogens (primary N) is 1. The molecular formula is C16H25N3O. The molecule has 20 heavy (non-hydrogen) atoms. The van der Waals surface area contributed by atoms with E-state index in [0.717, 1.165) is 24.3 Å². The molecule has 4 heteroatoms. The van der Waals surface area contributed by atoms with Gasteiger partial charge in [-0.15, -0.1) is 0 Å². The Morgan fingerprint density at radius 1 is 1.40 bits per heavy atom. The van der Waals surface area contributed by atoms with E-state index in [0.29, 0.717) is 19.0 Å². The monoisotopic (exact) mass is 275 g/mol. The molecule has 1 aromatic carbocycles. The summed E-state index contributed by atoms with van der Waals surface area (Å²) in [6.07, 6.45) is 0. The van der Waals surface area contributed by atoms with Crippen LogP contribution < -0.4 is 10.6 Å². The van der Waals surface area contributed by atoms with E-state index in [1.165, 1.54) is 0 Å². The van der Waals surface area contributed by atoms with E-state index < -0.39 is 0 Å². The molecule has 110 valence electrons. The highest BCUT2D eigenvalue weighted by atomic mass is 16.2. The second-order valence-electron chi connectivity index (χ2n) is 5.76. The first-order valence-electron chi connectivity index (χ1n) is 7.36. The second kappa shape index (κ2) is 6.37. The number of carbonyl (C=O) groups excluding carboxylic acids is 1. The number of rotatable bonds is 4. The van der Waals surface area contributed by atoms with Crippen LogP contribution in [-0.2, 0) is 4.79 Å². The summed E-state index contributed by atoms with van der Waals surface area (Å²) in [6.45, 7) is 9.09. The van der Waals surface area contributed by atoms with Crippen LogP contribution in [0, 0.1) is 12.8 Å². The number of likely N-dealkylation sites (N-methyl/N-ethyl adjacent to an activating group) is 1. The first-order valence-corrected chi connectivity index (χ1v) is 7.36. The molecule has 0 aromatic heterocycles. The quantitative estimate of drug-likeness (QED) is 0.908. The van der Waals surface area contributed by atoms with E-state index in [4.69, 9.17) is 5.73 Å². The van der Waals surface area contributed by atoms with Gasteiger partial charge in [-0.05, 0) is 31.4 Å². The van der Waals surface area contributed by atoms with Crippen LogP contribution in [0.2, 0.25) is 0 Å². The molecule has 2 N–H and O–H groups in total. The number of benzene rings is 1. The van der Waals surface area contributed by atoms with Gasteiger partial charge in [-0.2, -0.15) is 0 Å². The summed E-state index contributed by atoms with van der Waals surface area (Å²) in [7, 11) is 0. The van der Waals surface area contributed by atoms with E-state index in [2.05, 4.69) is 11.8 Å². The SMILES string of the molecule is CCN(C(=O)CN1CC(C)C(N)C1)c1ccccc1C. The number of amides is 1. The van der Waals surface area contributed by atoms with Crippen LogP contribution in [0.5, 0.6) is 0 Å². The molecule has 1 aliphatic rings. The molecule has 2 atom stereocenters. The highest BCUT2D eigenvalue weighted by Crippen LogP contribution is 2.20. The van der Waals surface area contributed by atoms with Gasteiger partial charge in [0.05, 0.1) is 6.54 Å². The molecule has 2 unspecified atom stereocenters. The van der Waals surface area contributed by atoms with Crippen LogP contribution in [-0.4, -0.2) is 43.0 Å². The van der Waals surface area contributed by atoms with Gasteiger partial charge in [-0.3, -0.25) is 9.69 Å². The predicted molar refractivity (Wildman–Crippen MR) is 82.8 cm³/mol. The fraction of sp³-hybridized carbons (Fsp3) is 0.562. The van der Waals surface area contributed by atoms with Gasteiger partial charge in [0.1, 0.15) is 0 Å². The van der Waals surface area contributed by atoms with Crippen LogP contribution in [0.4, 0.5) is 5.69 Å². The van der Waals surface area contributed by atoms with E-state index >= 15 is 0 Å². The van der Waals surface area contributed by atoms with Crippen LogP contribution >= 0.6 is 0 Å². The zero-order valence-corrected chi connectivity index (χ0v) is 12.7. The second-order valence-corrected chi connectivity index (χ2v) is 5.76. The number of hydrogen-bond donors (Lipinski definition) is 1. The number of likely N-dealkylation sites (tertiary alicyclic amines) is 1. The molecule has 2 rings (SSSR count). The molecule has 1 aliphatic heterocycles. The fourth-order valence-electron chi connectivity index (χ4n) is 2.85. The lowest BCUT2D eigenvalue weighted by molar-refractivity contribution is -0.119. The molecule has 1 aromatic rings. The van der Waals surface area contributed by atoms with Crippen molar-refractivity contribution in [2.75, 3.05) is 31.1 Å². The maximum Gasteiger partial charge on any atom is 0.241 e. The van der Waals surface area contributed by atoms with Crippen molar-refractivity contribution in [2.24, 2.45) is 11.7 Å². The van der Waals surface area contributed by atoms with Crippen molar-refractivity contribution in [3.05, 3.63) is 29.8 Å². The fourth-order valence-corrected chi connectivity index (χ4v) is 2.85. The largest absolute Gasteiger partial charge is 0.326 e. The van der Waals surface area contributed by atoms with Gasteiger partial charge in [-0.25, -0.2) is 0 Å². The molecule has 4 nitrogen and oxygen atoms in total. The van der Waals surface area contributed by atoms with Gasteiger partial charge >= 0.3 is 0 Å². The molecule has 1 heterocycles. The lowest BCUT2D eigenvalue weighted by Crippen LogP contribution is -2.40. The number of aryl methyl sites for hydroxylation is 1. The van der Waals surface area contributed by atoms with Crippen molar-refractivity contribution in [3.8, 4) is 0 Å². The van der Waals surface area contributed by atoms with Crippen LogP contribution in [0.1, 0.15) is 19.4 Å². The summed E-state index contributed by atoms with van der Waals surface area (Å²) in [5.41, 5.74) is 8.17. The third-order valence-electron chi connectivity index (χ3n) is 4.13. The molecule has 1 fully saturated rings. The maximum atomic E-state index is 12.5. The minimum Gasteiger partial charge on any atom is -0.326 e. The van der Waals surface area contributed by atoms with Crippen LogP contribution in [0.3, 0.4) is 0 Å². The Hall–Kier alpha value is -1.39. The Kier molecular flexibility index (Phi) is 4.78. The Morgan fingerprint density at radius 2 is 2.10 bits per heavy atom. The topological polar surface area (TPSA) is 49.6 Å². The van der Waals surface area contributed by atoms with E-state index in [1.54, 1.807) is 0 Å². The van der Waals surface area contributed by atoms with E-state index in [9.17, 15) is 4.79 Å². The molecule has 1 amide bonds. The third-order valence-corrected chi connectivity index (χ3v) is 4.13. The summed E-state index contributed by atoms with van der Waals surface area (Å²) in [5.74, 6) is 0.624. The van der Waals surface area contributed by atoms with Crippen LogP contribution in [0.15, 0.2) is 24.3 Å². The zero-order valence-electron chi connectivity index (χ0n) is 12.7. The van der Waals surface area contributed by atoms with Crippen molar-refractivity contribution in [3.63, 3.8) is 0 Å². The van der Waals surface area contributed by atoms with E-state index in [1.807, 2.05) is 43.0 Å². The minimum atomic E-state index is 0.156. The molecule has 0 bridgehead atoms. The first kappa shape index (κ1) is 15.0. The van der Waals surface area contributed by atoms with Crippen molar-refractivity contribution in [1.29, 1.82) is 0 Å². The number of carbonyl (C=O) groups is 1. The number of hydrogen-bond acceptors (Lipinski definition) is 3. The highest BCUT2D eigenvalue weighted by Gasteiger charge is 2.29. The molecule has 0 spiro atoms. The predicted octanol–water partition coefficient (Wildman–Crippen LogP) is 1.63. The normalized spacial score (nSPS) is 23.0. The highest BCUT2D eigenvalue weighted by molar-refractivity contribution is 5.95. The molecule has 1 saturated heterocycles. The summed E-state index contributed by atoms with van der Waals surface area (Å²) in [4.78, 5) is 16.6. The minimum absolute atomic E-state index is 0.156. The number of nitrogens with zero attached hydrogens (tertiary/aromatic N) is 2. The standard InChI is InChI=1S/C16H25N3O/c1-4-19(15-8-6-5-7-12(15)2)16(20)11-18-9-13(3)14(17)10-18/h5-8,13-14H,4,9-11,17H2,1-3H3. The Balaban J connectivity index is 2.05. The average molecular weight is 275 g/mol. The van der Waals surface area contributed by atoms with E-state index in [-0.39, 0.29) is 11.9 Å². The summed E-state index contributed by atoms with van der Waals surface area (Å²) >= 11 is 0. The van der Waals surface area contributed by atoms with Crippen molar-refractivity contribution in [1.82, 2.24) is 4.90 Å². The van der Waals surface area contributed by atoms with Crippen LogP contribution in [0.25, 0.3) is 0 Å². The number of para-hydroxylation sites is 1. The smallest absolute Gasteiger partial charge is 0.241 e. The summed E-state index contributed by atoms with van der Waals surface area (Å²) < 4.78 is 0. The Morgan fingerprint density at radius 3 is 2.65 bits per heavy atom. The van der Waals surface area contributed by atoms with Gasteiger partial charge in [-0.1, -0.05) is 25.1 Å². The average Bonchev–Trinajstić information content (AvgIpc) is 2.71. The van der Waals surface area contributed by atoms with Gasteiger partial charge in [0.25, 0.3) is 0 Å². The first-order chi connectivity index (χ1) is 9.52. The molecular weight excluding hydrogens is 250 g/mol. The third kappa shape index (κ3) is 3.19. The van der Waals surface area contributed by atoms with Crippen molar-refractivity contribution < 1.29 is 4.79 Å².